The van der Waals surface area contributed by atoms with Crippen LogP contribution in [0.25, 0.3) is 0 Å². The van der Waals surface area contributed by atoms with Crippen LogP contribution in [0.5, 0.6) is 0 Å². The Labute approximate surface area is 113 Å². The summed E-state index contributed by atoms with van der Waals surface area (Å²) in [5.74, 6) is -1.13. The standard InChI is InChI=1S/C13H19NO4S/c1-8(2)12(14)13(15)18-19(16,17)11-6-5-9(3)10(4)7-11/h5-8,12H,14H2,1-4H3/t12-/m0/s1. The molecule has 0 fully saturated rings. The third-order valence-corrected chi connectivity index (χ3v) is 4.16. The van der Waals surface area contributed by atoms with Crippen LogP contribution < -0.4 is 5.73 Å². The highest BCUT2D eigenvalue weighted by molar-refractivity contribution is 7.87. The molecule has 0 aliphatic carbocycles. The molecule has 1 rings (SSSR count). The van der Waals surface area contributed by atoms with Gasteiger partial charge in [-0.3, -0.25) is 0 Å². The van der Waals surface area contributed by atoms with Gasteiger partial charge in [-0.05, 0) is 43.0 Å². The molecule has 106 valence electrons. The van der Waals surface area contributed by atoms with E-state index in [-0.39, 0.29) is 10.8 Å². The fourth-order valence-electron chi connectivity index (χ4n) is 1.35. The second-order valence-electron chi connectivity index (χ2n) is 4.87. The lowest BCUT2D eigenvalue weighted by Crippen LogP contribution is -2.38. The van der Waals surface area contributed by atoms with Crippen molar-refractivity contribution in [3.05, 3.63) is 29.3 Å². The van der Waals surface area contributed by atoms with E-state index in [2.05, 4.69) is 4.18 Å². The summed E-state index contributed by atoms with van der Waals surface area (Å²) in [6.07, 6.45) is 0. The molecule has 0 aliphatic heterocycles. The van der Waals surface area contributed by atoms with Crippen LogP contribution >= 0.6 is 0 Å². The number of benzene rings is 1. The molecule has 0 bridgehead atoms. The first-order valence-corrected chi connectivity index (χ1v) is 7.37. The van der Waals surface area contributed by atoms with Crippen molar-refractivity contribution in [3.63, 3.8) is 0 Å². The second-order valence-corrected chi connectivity index (χ2v) is 6.42. The molecular weight excluding hydrogens is 266 g/mol. The van der Waals surface area contributed by atoms with E-state index >= 15 is 0 Å². The summed E-state index contributed by atoms with van der Waals surface area (Å²) < 4.78 is 28.4. The quantitative estimate of drug-likeness (QED) is 0.848. The highest BCUT2D eigenvalue weighted by Gasteiger charge is 2.26. The third-order valence-electron chi connectivity index (χ3n) is 2.95. The fourth-order valence-corrected chi connectivity index (χ4v) is 2.33. The predicted molar refractivity (Wildman–Crippen MR) is 72.0 cm³/mol. The van der Waals surface area contributed by atoms with E-state index in [0.29, 0.717) is 0 Å². The van der Waals surface area contributed by atoms with E-state index in [4.69, 9.17) is 5.73 Å². The number of aryl methyl sites for hydroxylation is 2. The number of nitrogens with two attached hydrogens (primary N) is 1. The fraction of sp³-hybridized carbons (Fsp3) is 0.462. The van der Waals surface area contributed by atoms with Gasteiger partial charge in [-0.25, -0.2) is 4.79 Å². The van der Waals surface area contributed by atoms with Crippen molar-refractivity contribution >= 4 is 16.1 Å². The largest absolute Gasteiger partial charge is 0.341 e. The Morgan fingerprint density at radius 1 is 1.21 bits per heavy atom. The Morgan fingerprint density at radius 3 is 2.26 bits per heavy atom. The van der Waals surface area contributed by atoms with E-state index < -0.39 is 22.1 Å². The van der Waals surface area contributed by atoms with E-state index in [1.807, 2.05) is 6.92 Å². The molecule has 0 aliphatic rings. The molecule has 0 unspecified atom stereocenters. The van der Waals surface area contributed by atoms with E-state index in [0.717, 1.165) is 11.1 Å². The van der Waals surface area contributed by atoms with Gasteiger partial charge in [0.2, 0.25) is 0 Å². The number of rotatable bonds is 4. The molecule has 0 radical (unpaired) electrons. The molecule has 5 nitrogen and oxygen atoms in total. The van der Waals surface area contributed by atoms with Gasteiger partial charge in [0, 0.05) is 0 Å². The van der Waals surface area contributed by atoms with Crippen LogP contribution in [0.4, 0.5) is 0 Å². The van der Waals surface area contributed by atoms with Gasteiger partial charge in [-0.15, -0.1) is 0 Å². The molecule has 0 heterocycles. The Morgan fingerprint density at radius 2 is 1.79 bits per heavy atom. The van der Waals surface area contributed by atoms with Crippen LogP contribution in [0.2, 0.25) is 0 Å². The molecule has 0 spiro atoms. The predicted octanol–water partition coefficient (Wildman–Crippen LogP) is 1.52. The van der Waals surface area contributed by atoms with E-state index in [1.54, 1.807) is 26.8 Å². The van der Waals surface area contributed by atoms with Crippen LogP contribution in [0.3, 0.4) is 0 Å². The highest BCUT2D eigenvalue weighted by atomic mass is 32.2. The van der Waals surface area contributed by atoms with Gasteiger partial charge in [0.05, 0.1) is 0 Å². The van der Waals surface area contributed by atoms with Gasteiger partial charge < -0.3 is 9.92 Å². The van der Waals surface area contributed by atoms with Gasteiger partial charge in [0.25, 0.3) is 0 Å². The lowest BCUT2D eigenvalue weighted by Gasteiger charge is -2.14. The first-order valence-electron chi connectivity index (χ1n) is 5.96. The summed E-state index contributed by atoms with van der Waals surface area (Å²) in [5.41, 5.74) is 7.33. The van der Waals surface area contributed by atoms with Crippen molar-refractivity contribution in [2.75, 3.05) is 0 Å². The van der Waals surface area contributed by atoms with Gasteiger partial charge in [-0.2, -0.15) is 8.42 Å². The molecule has 0 saturated carbocycles. The third kappa shape index (κ3) is 3.78. The van der Waals surface area contributed by atoms with Gasteiger partial charge in [0.1, 0.15) is 10.9 Å². The second kappa shape index (κ2) is 5.71. The van der Waals surface area contributed by atoms with Crippen molar-refractivity contribution in [1.82, 2.24) is 0 Å². The van der Waals surface area contributed by atoms with E-state index in [1.165, 1.54) is 12.1 Å². The number of carbonyl (C=O) groups excluding carboxylic acids is 1. The number of hydrogen-bond acceptors (Lipinski definition) is 5. The minimum Gasteiger partial charge on any atom is -0.341 e. The van der Waals surface area contributed by atoms with Gasteiger partial charge in [-0.1, -0.05) is 19.9 Å². The first kappa shape index (κ1) is 15.7. The maximum absolute atomic E-state index is 11.9. The Hall–Kier alpha value is -1.40. The van der Waals surface area contributed by atoms with Crippen molar-refractivity contribution < 1.29 is 17.4 Å². The number of hydrogen-bond donors (Lipinski definition) is 1. The Bertz CT molecular complexity index is 578. The molecule has 0 aromatic heterocycles. The monoisotopic (exact) mass is 285 g/mol. The van der Waals surface area contributed by atoms with Crippen LogP contribution in [0.1, 0.15) is 25.0 Å². The molecule has 1 aromatic rings. The molecule has 1 atom stereocenters. The lowest BCUT2D eigenvalue weighted by molar-refractivity contribution is -0.136. The van der Waals surface area contributed by atoms with E-state index in [9.17, 15) is 13.2 Å². The molecule has 6 heteroatoms. The maximum Gasteiger partial charge on any atom is 0.341 e. The molecule has 19 heavy (non-hydrogen) atoms. The van der Waals surface area contributed by atoms with Crippen LogP contribution in [-0.4, -0.2) is 20.4 Å². The maximum atomic E-state index is 11.9. The van der Waals surface area contributed by atoms with Crippen LogP contribution in [0.15, 0.2) is 23.1 Å². The van der Waals surface area contributed by atoms with Crippen LogP contribution in [0, 0.1) is 19.8 Å². The summed E-state index contributed by atoms with van der Waals surface area (Å²) in [6.45, 7) is 7.09. The minimum absolute atomic E-state index is 0.0418. The Kier molecular flexibility index (Phi) is 4.70. The van der Waals surface area contributed by atoms with Crippen molar-refractivity contribution in [2.45, 2.75) is 38.6 Å². The SMILES string of the molecule is Cc1ccc(S(=O)(=O)OC(=O)[C@@H](N)C(C)C)cc1C. The summed E-state index contributed by atoms with van der Waals surface area (Å²) in [7, 11) is -4.11. The smallest absolute Gasteiger partial charge is 0.341 e. The summed E-state index contributed by atoms with van der Waals surface area (Å²) in [4.78, 5) is 11.6. The zero-order valence-corrected chi connectivity index (χ0v) is 12.3. The molecule has 0 amide bonds. The van der Waals surface area contributed by atoms with Crippen molar-refractivity contribution in [3.8, 4) is 0 Å². The Balaban J connectivity index is 2.99. The average molecular weight is 285 g/mol. The molecular formula is C13H19NO4S. The van der Waals surface area contributed by atoms with Crippen LogP contribution in [-0.2, 0) is 19.1 Å². The first-order chi connectivity index (χ1) is 8.65. The summed E-state index contributed by atoms with van der Waals surface area (Å²) in [5, 5.41) is 0. The average Bonchev–Trinajstić information content (AvgIpc) is 2.30. The normalized spacial score (nSPS) is 13.4. The molecule has 1 aromatic carbocycles. The van der Waals surface area contributed by atoms with Crippen molar-refractivity contribution in [1.29, 1.82) is 0 Å². The van der Waals surface area contributed by atoms with Gasteiger partial charge in [0.15, 0.2) is 0 Å². The topological polar surface area (TPSA) is 86.5 Å². The zero-order valence-electron chi connectivity index (χ0n) is 11.5. The minimum atomic E-state index is -4.11. The summed E-state index contributed by atoms with van der Waals surface area (Å²) >= 11 is 0. The van der Waals surface area contributed by atoms with Crippen molar-refractivity contribution in [2.24, 2.45) is 11.7 Å². The molecule has 2 N–H and O–H groups in total. The van der Waals surface area contributed by atoms with Gasteiger partial charge >= 0.3 is 16.1 Å². The number of carbonyl (C=O) groups is 1. The zero-order chi connectivity index (χ0) is 14.8. The highest BCUT2D eigenvalue weighted by Crippen LogP contribution is 2.17. The summed E-state index contributed by atoms with van der Waals surface area (Å²) in [6, 6.07) is 3.59. The molecule has 0 saturated heterocycles. The lowest BCUT2D eigenvalue weighted by atomic mass is 10.1.